The van der Waals surface area contributed by atoms with E-state index in [1.54, 1.807) is 0 Å². The van der Waals surface area contributed by atoms with Gasteiger partial charge in [0, 0.05) is 28.3 Å². The average Bonchev–Trinajstić information content (AvgIpc) is 3.10. The molecule has 0 radical (unpaired) electrons. The maximum atomic E-state index is 13.8. The number of aromatic nitrogens is 3. The van der Waals surface area contributed by atoms with Gasteiger partial charge >= 0.3 is 0 Å². The third-order valence-corrected chi connectivity index (χ3v) is 5.39. The summed E-state index contributed by atoms with van der Waals surface area (Å²) < 4.78 is 69.8. The topological polar surface area (TPSA) is 53.9 Å². The fraction of sp³-hybridized carbons (Fsp3) is 0.353. The van der Waals surface area contributed by atoms with Crippen molar-refractivity contribution in [2.24, 2.45) is 0 Å². The zero-order valence-electron chi connectivity index (χ0n) is 18.6. The van der Waals surface area contributed by atoms with Crippen LogP contribution in [-0.2, 0) is 6.50 Å². The van der Waals surface area contributed by atoms with Crippen LogP contribution in [0.1, 0.15) is 23.9 Å². The summed E-state index contributed by atoms with van der Waals surface area (Å²) in [6, 6.07) is 0.324. The molecule has 0 atom stereocenters. The molecule has 1 aliphatic heterocycles. The largest absolute Gasteiger partial charge is 0.366 e. The zero-order chi connectivity index (χ0) is 23.4. The fourth-order valence-corrected chi connectivity index (χ4v) is 3.88. The minimum Gasteiger partial charge on any atom is -0.366 e. The van der Waals surface area contributed by atoms with Crippen LogP contribution in [0.2, 0.25) is 10.9 Å². The maximum Gasteiger partial charge on any atom is 0.186 e. The fourth-order valence-electron chi connectivity index (χ4n) is 2.70. The summed E-state index contributed by atoms with van der Waals surface area (Å²) in [6.07, 6.45) is -0.281. The van der Waals surface area contributed by atoms with E-state index < -0.39 is 29.2 Å². The first-order chi connectivity index (χ1) is 14.9. The number of rotatable bonds is 4. The van der Waals surface area contributed by atoms with E-state index in [4.69, 9.17) is 30.1 Å². The van der Waals surface area contributed by atoms with Gasteiger partial charge < -0.3 is 5.31 Å². The molecule has 0 amide bonds. The third-order valence-electron chi connectivity index (χ3n) is 3.97. The van der Waals surface area contributed by atoms with Gasteiger partial charge in [0.05, 0.1) is 6.39 Å². The van der Waals surface area contributed by atoms with E-state index >= 15 is 0 Å². The lowest BCUT2D eigenvalue weighted by Crippen LogP contribution is -2.38. The lowest BCUT2D eigenvalue weighted by atomic mass is 10.0. The van der Waals surface area contributed by atoms with Crippen molar-refractivity contribution < 1.29 is 15.7 Å². The Morgan fingerprint density at radius 1 is 1.37 bits per heavy atom. The molecule has 0 saturated carbocycles. The molecule has 1 aliphatic rings. The first-order valence-corrected chi connectivity index (χ1v) is 9.49. The van der Waals surface area contributed by atoms with Crippen LogP contribution >= 0.6 is 34.5 Å². The van der Waals surface area contributed by atoms with Gasteiger partial charge in [-0.05, 0) is 30.5 Å². The number of fused-ring (bicyclic) bond motifs is 1. The second kappa shape index (κ2) is 7.79. The van der Waals surface area contributed by atoms with E-state index in [0.29, 0.717) is 4.70 Å². The molecule has 27 heavy (non-hydrogen) atoms. The van der Waals surface area contributed by atoms with Crippen molar-refractivity contribution in [3.8, 4) is 0 Å². The average molecular weight is 435 g/mol. The SMILES string of the molecule is [2H]c1nc(N([2H])C2([2H])CCN(C([2H])([2H])c3cc(F)c(F)c(Cl)c3)CC2)c2sc(Cl)nc2n1. The van der Waals surface area contributed by atoms with Gasteiger partial charge in [0.2, 0.25) is 0 Å². The first-order valence-electron chi connectivity index (χ1n) is 10.4. The second-order valence-electron chi connectivity index (χ2n) is 5.80. The van der Waals surface area contributed by atoms with Crippen LogP contribution < -0.4 is 5.31 Å². The number of hydrogen-bond donors (Lipinski definition) is 1. The molecule has 0 spiro atoms. The van der Waals surface area contributed by atoms with Crippen molar-refractivity contribution in [3.05, 3.63) is 45.1 Å². The van der Waals surface area contributed by atoms with Crippen LogP contribution in [0.4, 0.5) is 14.6 Å². The van der Waals surface area contributed by atoms with E-state index in [1.165, 1.54) is 4.90 Å². The molecule has 3 aromatic rings. The first kappa shape index (κ1) is 13.5. The van der Waals surface area contributed by atoms with Gasteiger partial charge in [0.15, 0.2) is 23.2 Å². The van der Waals surface area contributed by atoms with E-state index in [2.05, 4.69) is 15.0 Å². The molecular formula is C17H15Cl2F2N5S. The van der Waals surface area contributed by atoms with Gasteiger partial charge in [-0.3, -0.25) is 4.90 Å². The van der Waals surface area contributed by atoms with Gasteiger partial charge in [-0.25, -0.2) is 23.7 Å². The van der Waals surface area contributed by atoms with E-state index in [1.807, 2.05) is 0 Å². The minimum atomic E-state index is -2.17. The number of anilines is 1. The number of nitrogens with zero attached hydrogens (tertiary/aromatic N) is 4. The van der Waals surface area contributed by atoms with Crippen molar-refractivity contribution in [3.63, 3.8) is 0 Å². The van der Waals surface area contributed by atoms with Gasteiger partial charge in [0.25, 0.3) is 0 Å². The molecule has 1 saturated heterocycles. The van der Waals surface area contributed by atoms with E-state index in [0.717, 1.165) is 28.8 Å². The van der Waals surface area contributed by atoms with Crippen LogP contribution in [0.15, 0.2) is 18.4 Å². The standard InChI is InChI=1S/C17H15Cl2F2N5S/c18-11-5-9(6-12(20)13(11)21)7-26-3-1-10(2-4-26)24-15-14-16(23-8-22-15)25-17(19)27-14/h5-6,8,10H,1-4,7H2,(H,22,23,24)/i7D2,8D,10D/hD. The van der Waals surface area contributed by atoms with Crippen LogP contribution in [0.3, 0.4) is 0 Å². The maximum absolute atomic E-state index is 13.8. The Kier molecular flexibility index (Phi) is 3.91. The molecule has 4 rings (SSSR count). The van der Waals surface area contributed by atoms with Crippen molar-refractivity contribution in [1.82, 2.24) is 19.9 Å². The predicted molar refractivity (Wildman–Crippen MR) is 104 cm³/mol. The van der Waals surface area contributed by atoms with Gasteiger partial charge in [-0.2, -0.15) is 0 Å². The molecule has 1 fully saturated rings. The Morgan fingerprint density at radius 2 is 2.15 bits per heavy atom. The number of likely N-dealkylation sites (tertiary alicyclic amines) is 1. The Hall–Kier alpha value is -1.61. The van der Waals surface area contributed by atoms with Crippen LogP contribution in [0, 0.1) is 11.6 Å². The molecule has 142 valence electrons. The van der Waals surface area contributed by atoms with Gasteiger partial charge in [-0.15, -0.1) is 0 Å². The molecule has 10 heteroatoms. The normalized spacial score (nSPS) is 20.5. The quantitative estimate of drug-likeness (QED) is 0.600. The minimum absolute atomic E-state index is 0.0308. The Labute approximate surface area is 175 Å². The number of piperidine rings is 1. The summed E-state index contributed by atoms with van der Waals surface area (Å²) in [4.78, 5) is 13.2. The molecule has 3 heterocycles. The zero-order valence-corrected chi connectivity index (χ0v) is 16.0. The van der Waals surface area contributed by atoms with Crippen molar-refractivity contribution >= 4 is 50.7 Å². The summed E-state index contributed by atoms with van der Waals surface area (Å²) >= 11 is 12.7. The summed E-state index contributed by atoms with van der Waals surface area (Å²) in [5.41, 5.74) is 0.0251. The number of halogens is 4. The van der Waals surface area contributed by atoms with Crippen LogP contribution in [-0.4, -0.2) is 39.0 Å². The lowest BCUT2D eigenvalue weighted by molar-refractivity contribution is 0.211. The molecule has 1 aromatic carbocycles. The van der Waals surface area contributed by atoms with Crippen LogP contribution in [0.5, 0.6) is 0 Å². The number of thiazole rings is 1. The molecular weight excluding hydrogens is 415 g/mol. The monoisotopic (exact) mass is 434 g/mol. The van der Waals surface area contributed by atoms with E-state index in [9.17, 15) is 8.78 Å². The number of hydrogen-bond acceptors (Lipinski definition) is 6. The highest BCUT2D eigenvalue weighted by atomic mass is 35.5. The highest BCUT2D eigenvalue weighted by Gasteiger charge is 2.21. The predicted octanol–water partition coefficient (Wildman–Crippen LogP) is 4.75. The number of nitrogens with one attached hydrogen (secondary N) is 1. The summed E-state index contributed by atoms with van der Waals surface area (Å²) in [5, 5.41) is 0.362. The van der Waals surface area contributed by atoms with Crippen LogP contribution in [0.25, 0.3) is 10.3 Å². The van der Waals surface area contributed by atoms with Gasteiger partial charge in [-0.1, -0.05) is 34.5 Å². The molecule has 1 N–H and O–H groups in total. The summed E-state index contributed by atoms with van der Waals surface area (Å²) in [7, 11) is 0. The molecule has 2 aromatic heterocycles. The molecule has 0 aliphatic carbocycles. The number of benzene rings is 1. The lowest BCUT2D eigenvalue weighted by Gasteiger charge is -2.32. The Bertz CT molecular complexity index is 1170. The Balaban J connectivity index is 1.57. The second-order valence-corrected chi connectivity index (χ2v) is 7.79. The summed E-state index contributed by atoms with van der Waals surface area (Å²) in [5.74, 6) is -2.46. The van der Waals surface area contributed by atoms with Crippen molar-refractivity contribution in [2.75, 3.05) is 18.4 Å². The van der Waals surface area contributed by atoms with E-state index in [-0.39, 0.29) is 53.7 Å². The summed E-state index contributed by atoms with van der Waals surface area (Å²) in [6.45, 7) is -2.07. The highest BCUT2D eigenvalue weighted by molar-refractivity contribution is 7.22. The highest BCUT2D eigenvalue weighted by Crippen LogP contribution is 2.30. The van der Waals surface area contributed by atoms with Crippen molar-refractivity contribution in [1.29, 1.82) is 0 Å². The molecule has 5 nitrogen and oxygen atoms in total. The third kappa shape index (κ3) is 4.13. The van der Waals surface area contributed by atoms with Crippen molar-refractivity contribution in [2.45, 2.75) is 25.4 Å². The molecule has 0 unspecified atom stereocenters. The Morgan fingerprint density at radius 3 is 2.89 bits per heavy atom. The van der Waals surface area contributed by atoms with Gasteiger partial charge in [0.1, 0.15) is 18.2 Å². The smallest absolute Gasteiger partial charge is 0.186 e. The molecule has 0 bridgehead atoms.